The van der Waals surface area contributed by atoms with E-state index in [2.05, 4.69) is 4.98 Å². The Morgan fingerprint density at radius 2 is 2.21 bits per heavy atom. The van der Waals surface area contributed by atoms with E-state index in [0.717, 1.165) is 5.56 Å². The molecule has 0 aliphatic rings. The molecular weight excluding hydrogens is 244 g/mol. The summed E-state index contributed by atoms with van der Waals surface area (Å²) in [4.78, 5) is 14.8. The van der Waals surface area contributed by atoms with Gasteiger partial charge in [0.1, 0.15) is 17.4 Å². The fourth-order valence-corrected chi connectivity index (χ4v) is 1.55. The molecule has 1 N–H and O–H groups in total. The molecular formula is C14H10N2O3. The van der Waals surface area contributed by atoms with Crippen molar-refractivity contribution in [2.24, 2.45) is 0 Å². The Morgan fingerprint density at radius 1 is 1.42 bits per heavy atom. The monoisotopic (exact) mass is 254 g/mol. The predicted octanol–water partition coefficient (Wildman–Crippen LogP) is 2.75. The average molecular weight is 254 g/mol. The van der Waals surface area contributed by atoms with Crippen LogP contribution in [0.4, 0.5) is 0 Å². The van der Waals surface area contributed by atoms with E-state index in [9.17, 15) is 4.79 Å². The summed E-state index contributed by atoms with van der Waals surface area (Å²) < 4.78 is 5.48. The van der Waals surface area contributed by atoms with E-state index in [0.29, 0.717) is 11.3 Å². The maximum atomic E-state index is 10.9. The van der Waals surface area contributed by atoms with Crippen molar-refractivity contribution in [3.8, 4) is 17.7 Å². The van der Waals surface area contributed by atoms with E-state index >= 15 is 0 Å². The standard InChI is InChI=1S/C14H10N2O3/c1-9-5-6-16-13(12(9)8-15)19-11-4-2-3-10(7-11)14(17)18/h2-7H,1H3,(H,17,18). The Kier molecular flexibility index (Phi) is 3.44. The summed E-state index contributed by atoms with van der Waals surface area (Å²) in [5.41, 5.74) is 1.20. The highest BCUT2D eigenvalue weighted by Crippen LogP contribution is 2.25. The Balaban J connectivity index is 2.37. The minimum atomic E-state index is -1.04. The fraction of sp³-hybridized carbons (Fsp3) is 0.0714. The number of aromatic carboxylic acids is 1. The van der Waals surface area contributed by atoms with Gasteiger partial charge in [0.05, 0.1) is 5.56 Å². The van der Waals surface area contributed by atoms with Crippen LogP contribution in [0.1, 0.15) is 21.5 Å². The number of hydrogen-bond acceptors (Lipinski definition) is 4. The van der Waals surface area contributed by atoms with E-state index in [-0.39, 0.29) is 11.4 Å². The van der Waals surface area contributed by atoms with Crippen LogP contribution < -0.4 is 4.74 Å². The average Bonchev–Trinajstić information content (AvgIpc) is 2.39. The Hall–Kier alpha value is -2.87. The van der Waals surface area contributed by atoms with Gasteiger partial charge in [-0.2, -0.15) is 5.26 Å². The van der Waals surface area contributed by atoms with Gasteiger partial charge in [-0.05, 0) is 36.8 Å². The molecule has 0 saturated heterocycles. The lowest BCUT2D eigenvalue weighted by molar-refractivity contribution is 0.0696. The molecule has 0 atom stereocenters. The van der Waals surface area contributed by atoms with Gasteiger partial charge in [0.25, 0.3) is 0 Å². The molecule has 19 heavy (non-hydrogen) atoms. The number of carboxylic acid groups (broad SMARTS) is 1. The summed E-state index contributed by atoms with van der Waals surface area (Å²) in [7, 11) is 0. The zero-order chi connectivity index (χ0) is 13.8. The molecule has 0 aliphatic heterocycles. The molecule has 1 heterocycles. The molecule has 0 saturated carbocycles. The van der Waals surface area contributed by atoms with Crippen LogP contribution in [0.25, 0.3) is 0 Å². The summed E-state index contributed by atoms with van der Waals surface area (Å²) in [6, 6.07) is 9.75. The maximum absolute atomic E-state index is 10.9. The minimum Gasteiger partial charge on any atom is -0.478 e. The third-order valence-electron chi connectivity index (χ3n) is 2.53. The van der Waals surface area contributed by atoms with E-state index in [1.54, 1.807) is 25.1 Å². The summed E-state index contributed by atoms with van der Waals surface area (Å²) >= 11 is 0. The molecule has 0 unspecified atom stereocenters. The van der Waals surface area contributed by atoms with Gasteiger partial charge in [0, 0.05) is 6.20 Å². The van der Waals surface area contributed by atoms with Gasteiger partial charge in [-0.15, -0.1) is 0 Å². The number of nitriles is 1. The van der Waals surface area contributed by atoms with E-state index in [4.69, 9.17) is 15.1 Å². The van der Waals surface area contributed by atoms with Crippen molar-refractivity contribution in [3.63, 3.8) is 0 Å². The second-order valence-corrected chi connectivity index (χ2v) is 3.85. The van der Waals surface area contributed by atoms with Crippen LogP contribution in [-0.4, -0.2) is 16.1 Å². The third-order valence-corrected chi connectivity index (χ3v) is 2.53. The molecule has 5 nitrogen and oxygen atoms in total. The summed E-state index contributed by atoms with van der Waals surface area (Å²) in [5, 5.41) is 18.0. The van der Waals surface area contributed by atoms with Gasteiger partial charge >= 0.3 is 5.97 Å². The van der Waals surface area contributed by atoms with Crippen LogP contribution in [-0.2, 0) is 0 Å². The van der Waals surface area contributed by atoms with Crippen LogP contribution in [0.15, 0.2) is 36.5 Å². The lowest BCUT2D eigenvalue weighted by atomic mass is 10.2. The number of nitrogens with zero attached hydrogens (tertiary/aromatic N) is 2. The zero-order valence-corrected chi connectivity index (χ0v) is 10.1. The molecule has 0 spiro atoms. The predicted molar refractivity (Wildman–Crippen MR) is 67.2 cm³/mol. The quantitative estimate of drug-likeness (QED) is 0.910. The topological polar surface area (TPSA) is 83.2 Å². The number of ether oxygens (including phenoxy) is 1. The smallest absolute Gasteiger partial charge is 0.335 e. The van der Waals surface area contributed by atoms with Crippen molar-refractivity contribution in [2.45, 2.75) is 6.92 Å². The van der Waals surface area contributed by atoms with Crippen molar-refractivity contribution >= 4 is 5.97 Å². The number of benzene rings is 1. The Bertz CT molecular complexity index is 675. The first-order valence-electron chi connectivity index (χ1n) is 5.48. The zero-order valence-electron chi connectivity index (χ0n) is 10.1. The van der Waals surface area contributed by atoms with Crippen molar-refractivity contribution in [1.82, 2.24) is 4.98 Å². The number of rotatable bonds is 3. The molecule has 5 heteroatoms. The van der Waals surface area contributed by atoms with Crippen LogP contribution >= 0.6 is 0 Å². The van der Waals surface area contributed by atoms with Crippen LogP contribution in [0.2, 0.25) is 0 Å². The van der Waals surface area contributed by atoms with Crippen LogP contribution in [0.5, 0.6) is 11.6 Å². The number of aromatic nitrogens is 1. The summed E-state index contributed by atoms with van der Waals surface area (Å²) in [5.74, 6) is -0.539. The van der Waals surface area contributed by atoms with Crippen molar-refractivity contribution in [3.05, 3.63) is 53.2 Å². The van der Waals surface area contributed by atoms with Gasteiger partial charge in [-0.3, -0.25) is 0 Å². The highest BCUT2D eigenvalue weighted by atomic mass is 16.5. The number of carbonyl (C=O) groups is 1. The largest absolute Gasteiger partial charge is 0.478 e. The Morgan fingerprint density at radius 3 is 2.89 bits per heavy atom. The van der Waals surface area contributed by atoms with Gasteiger partial charge in [-0.1, -0.05) is 6.07 Å². The molecule has 0 aliphatic carbocycles. The molecule has 1 aromatic carbocycles. The van der Waals surface area contributed by atoms with Crippen LogP contribution in [0, 0.1) is 18.3 Å². The highest BCUT2D eigenvalue weighted by molar-refractivity contribution is 5.88. The molecule has 0 radical (unpaired) electrons. The molecule has 0 amide bonds. The normalized spacial score (nSPS) is 9.68. The number of carboxylic acids is 1. The summed E-state index contributed by atoms with van der Waals surface area (Å²) in [6.45, 7) is 1.78. The van der Waals surface area contributed by atoms with E-state index < -0.39 is 5.97 Å². The van der Waals surface area contributed by atoms with Gasteiger partial charge in [-0.25, -0.2) is 9.78 Å². The lowest BCUT2D eigenvalue weighted by Crippen LogP contribution is -1.98. The maximum Gasteiger partial charge on any atom is 0.335 e. The number of hydrogen-bond donors (Lipinski definition) is 1. The van der Waals surface area contributed by atoms with E-state index in [1.165, 1.54) is 18.3 Å². The number of aryl methyl sites for hydroxylation is 1. The molecule has 2 aromatic rings. The van der Waals surface area contributed by atoms with Gasteiger partial charge < -0.3 is 9.84 Å². The summed E-state index contributed by atoms with van der Waals surface area (Å²) in [6.07, 6.45) is 1.53. The SMILES string of the molecule is Cc1ccnc(Oc2cccc(C(=O)O)c2)c1C#N. The second kappa shape index (κ2) is 5.19. The van der Waals surface area contributed by atoms with E-state index in [1.807, 2.05) is 6.07 Å². The second-order valence-electron chi connectivity index (χ2n) is 3.85. The first kappa shape index (κ1) is 12.6. The molecule has 94 valence electrons. The first-order valence-corrected chi connectivity index (χ1v) is 5.48. The highest BCUT2D eigenvalue weighted by Gasteiger charge is 2.10. The van der Waals surface area contributed by atoms with Crippen molar-refractivity contribution in [2.75, 3.05) is 0 Å². The minimum absolute atomic E-state index is 0.115. The van der Waals surface area contributed by atoms with Crippen LogP contribution in [0.3, 0.4) is 0 Å². The fourth-order valence-electron chi connectivity index (χ4n) is 1.55. The van der Waals surface area contributed by atoms with Crippen molar-refractivity contribution < 1.29 is 14.6 Å². The third kappa shape index (κ3) is 2.69. The molecule has 1 aromatic heterocycles. The Labute approximate surface area is 109 Å². The first-order chi connectivity index (χ1) is 9.11. The number of pyridine rings is 1. The molecule has 0 bridgehead atoms. The molecule has 0 fully saturated rings. The van der Waals surface area contributed by atoms with Gasteiger partial charge in [0.2, 0.25) is 5.88 Å². The van der Waals surface area contributed by atoms with Crippen molar-refractivity contribution in [1.29, 1.82) is 5.26 Å². The lowest BCUT2D eigenvalue weighted by Gasteiger charge is -2.08. The van der Waals surface area contributed by atoms with Gasteiger partial charge in [0.15, 0.2) is 0 Å². The molecule has 2 rings (SSSR count).